The van der Waals surface area contributed by atoms with Gasteiger partial charge in [-0.1, -0.05) is 12.1 Å². The molecule has 0 amide bonds. The van der Waals surface area contributed by atoms with Gasteiger partial charge in [0.05, 0.1) is 14.2 Å². The van der Waals surface area contributed by atoms with Crippen molar-refractivity contribution in [1.29, 1.82) is 0 Å². The molecule has 1 heterocycles. The van der Waals surface area contributed by atoms with Crippen molar-refractivity contribution in [2.24, 2.45) is 0 Å². The number of hydrogen-bond donors (Lipinski definition) is 0. The predicted molar refractivity (Wildman–Crippen MR) is 71.1 cm³/mol. The highest BCUT2D eigenvalue weighted by Gasteiger charge is 2.20. The topological polar surface area (TPSA) is 36.9 Å². The summed E-state index contributed by atoms with van der Waals surface area (Å²) in [5.41, 5.74) is 2.04. The van der Waals surface area contributed by atoms with Gasteiger partial charge in [0.2, 0.25) is 12.5 Å². The molecule has 0 aliphatic carbocycles. The van der Waals surface area contributed by atoms with Gasteiger partial charge in [0.1, 0.15) is 5.75 Å². The van der Waals surface area contributed by atoms with E-state index in [1.807, 2.05) is 36.4 Å². The van der Waals surface area contributed by atoms with Gasteiger partial charge in [0, 0.05) is 0 Å². The first-order valence-corrected chi connectivity index (χ1v) is 5.94. The van der Waals surface area contributed by atoms with Crippen LogP contribution < -0.4 is 18.9 Å². The van der Waals surface area contributed by atoms with Crippen molar-refractivity contribution in [3.63, 3.8) is 0 Å². The maximum atomic E-state index is 5.43. The van der Waals surface area contributed by atoms with Crippen LogP contribution in [0, 0.1) is 0 Å². The minimum absolute atomic E-state index is 0.229. The van der Waals surface area contributed by atoms with Crippen LogP contribution in [0.25, 0.3) is 11.1 Å². The Labute approximate surface area is 111 Å². The molecular weight excluding hydrogens is 244 g/mol. The lowest BCUT2D eigenvalue weighted by Gasteiger charge is -2.09. The van der Waals surface area contributed by atoms with E-state index in [1.54, 1.807) is 14.2 Å². The van der Waals surface area contributed by atoms with Crippen molar-refractivity contribution in [2.75, 3.05) is 21.0 Å². The second kappa shape index (κ2) is 4.72. The molecule has 3 rings (SSSR count). The lowest BCUT2D eigenvalue weighted by molar-refractivity contribution is 0.171. The molecule has 4 heteroatoms. The SMILES string of the molecule is COc1cccc(-c2cc(OC)c3c(c2)OCO3)c1. The van der Waals surface area contributed by atoms with E-state index in [1.165, 1.54) is 0 Å². The maximum Gasteiger partial charge on any atom is 0.231 e. The minimum Gasteiger partial charge on any atom is -0.497 e. The average molecular weight is 258 g/mol. The third-order valence-electron chi connectivity index (χ3n) is 3.06. The monoisotopic (exact) mass is 258 g/mol. The molecule has 0 unspecified atom stereocenters. The molecule has 2 aromatic carbocycles. The van der Waals surface area contributed by atoms with Crippen LogP contribution in [0.4, 0.5) is 0 Å². The molecule has 2 aromatic rings. The fourth-order valence-electron chi connectivity index (χ4n) is 2.10. The van der Waals surface area contributed by atoms with E-state index in [2.05, 4.69) is 0 Å². The van der Waals surface area contributed by atoms with E-state index >= 15 is 0 Å². The smallest absolute Gasteiger partial charge is 0.231 e. The second-order valence-electron chi connectivity index (χ2n) is 4.14. The van der Waals surface area contributed by atoms with E-state index in [4.69, 9.17) is 18.9 Å². The quantitative estimate of drug-likeness (QED) is 0.847. The number of hydrogen-bond acceptors (Lipinski definition) is 4. The van der Waals surface area contributed by atoms with Gasteiger partial charge in [0.15, 0.2) is 11.5 Å². The molecule has 98 valence electrons. The second-order valence-corrected chi connectivity index (χ2v) is 4.14. The zero-order valence-electron chi connectivity index (χ0n) is 10.8. The Hall–Kier alpha value is -2.36. The van der Waals surface area contributed by atoms with Crippen molar-refractivity contribution in [1.82, 2.24) is 0 Å². The number of benzene rings is 2. The van der Waals surface area contributed by atoms with Crippen LogP contribution in [0.3, 0.4) is 0 Å². The van der Waals surface area contributed by atoms with Gasteiger partial charge in [-0.3, -0.25) is 0 Å². The molecule has 0 atom stereocenters. The van der Waals surface area contributed by atoms with Crippen LogP contribution in [0.15, 0.2) is 36.4 Å². The predicted octanol–water partition coefficient (Wildman–Crippen LogP) is 3.10. The molecule has 0 radical (unpaired) electrons. The highest BCUT2D eigenvalue weighted by molar-refractivity contribution is 5.72. The normalized spacial score (nSPS) is 12.3. The lowest BCUT2D eigenvalue weighted by atomic mass is 10.0. The molecule has 1 aliphatic heterocycles. The van der Waals surface area contributed by atoms with Crippen molar-refractivity contribution in [3.05, 3.63) is 36.4 Å². The Morgan fingerprint density at radius 3 is 2.63 bits per heavy atom. The summed E-state index contributed by atoms with van der Waals surface area (Å²) in [5, 5.41) is 0. The number of rotatable bonds is 3. The summed E-state index contributed by atoms with van der Waals surface area (Å²) in [6.07, 6.45) is 0. The van der Waals surface area contributed by atoms with Gasteiger partial charge in [-0.15, -0.1) is 0 Å². The number of ether oxygens (including phenoxy) is 4. The molecule has 0 aromatic heterocycles. The summed E-state index contributed by atoms with van der Waals surface area (Å²) in [5.74, 6) is 2.85. The van der Waals surface area contributed by atoms with Gasteiger partial charge in [0.25, 0.3) is 0 Å². The molecule has 0 fully saturated rings. The van der Waals surface area contributed by atoms with Gasteiger partial charge in [-0.2, -0.15) is 0 Å². The van der Waals surface area contributed by atoms with Gasteiger partial charge in [-0.05, 0) is 35.4 Å². The number of fused-ring (bicyclic) bond motifs is 1. The first-order valence-electron chi connectivity index (χ1n) is 5.94. The highest BCUT2D eigenvalue weighted by Crippen LogP contribution is 2.44. The highest BCUT2D eigenvalue weighted by atomic mass is 16.7. The zero-order valence-corrected chi connectivity index (χ0v) is 10.8. The lowest BCUT2D eigenvalue weighted by Crippen LogP contribution is -1.93. The van der Waals surface area contributed by atoms with Crippen LogP contribution in [-0.4, -0.2) is 21.0 Å². The number of methoxy groups -OCH3 is 2. The van der Waals surface area contributed by atoms with Crippen LogP contribution in [-0.2, 0) is 0 Å². The van der Waals surface area contributed by atoms with Crippen molar-refractivity contribution in [3.8, 4) is 34.1 Å². The van der Waals surface area contributed by atoms with E-state index in [-0.39, 0.29) is 6.79 Å². The first-order chi connectivity index (χ1) is 9.31. The first kappa shape index (κ1) is 11.7. The largest absolute Gasteiger partial charge is 0.497 e. The van der Waals surface area contributed by atoms with Gasteiger partial charge >= 0.3 is 0 Å². The zero-order chi connectivity index (χ0) is 13.2. The van der Waals surface area contributed by atoms with Crippen LogP contribution >= 0.6 is 0 Å². The van der Waals surface area contributed by atoms with Gasteiger partial charge in [-0.25, -0.2) is 0 Å². The Morgan fingerprint density at radius 1 is 0.947 bits per heavy atom. The Morgan fingerprint density at radius 2 is 1.84 bits per heavy atom. The molecule has 0 spiro atoms. The summed E-state index contributed by atoms with van der Waals surface area (Å²) in [4.78, 5) is 0. The standard InChI is InChI=1S/C15H14O4/c1-16-12-5-3-4-10(6-12)11-7-13(17-2)15-14(8-11)18-9-19-15/h3-8H,9H2,1-2H3. The van der Waals surface area contributed by atoms with Crippen LogP contribution in [0.5, 0.6) is 23.0 Å². The minimum atomic E-state index is 0.229. The third kappa shape index (κ3) is 2.05. The van der Waals surface area contributed by atoms with E-state index in [9.17, 15) is 0 Å². The summed E-state index contributed by atoms with van der Waals surface area (Å²) >= 11 is 0. The summed E-state index contributed by atoms with van der Waals surface area (Å²) < 4.78 is 21.4. The Kier molecular flexibility index (Phi) is 2.91. The molecule has 0 bridgehead atoms. The van der Waals surface area contributed by atoms with Crippen molar-refractivity contribution >= 4 is 0 Å². The molecule has 0 saturated heterocycles. The summed E-state index contributed by atoms with van der Waals surface area (Å²) in [6.45, 7) is 0.229. The molecular formula is C15H14O4. The van der Waals surface area contributed by atoms with E-state index < -0.39 is 0 Å². The molecule has 0 N–H and O–H groups in total. The summed E-state index contributed by atoms with van der Waals surface area (Å²) in [7, 11) is 3.27. The Balaban J connectivity index is 2.10. The fourth-order valence-corrected chi connectivity index (χ4v) is 2.10. The molecule has 1 aliphatic rings. The van der Waals surface area contributed by atoms with Crippen molar-refractivity contribution < 1.29 is 18.9 Å². The summed E-state index contributed by atoms with van der Waals surface area (Å²) in [6, 6.07) is 11.7. The average Bonchev–Trinajstić information content (AvgIpc) is 2.94. The van der Waals surface area contributed by atoms with Crippen LogP contribution in [0.1, 0.15) is 0 Å². The third-order valence-corrected chi connectivity index (χ3v) is 3.06. The van der Waals surface area contributed by atoms with E-state index in [0.717, 1.165) is 16.9 Å². The maximum absolute atomic E-state index is 5.43. The molecule has 4 nitrogen and oxygen atoms in total. The van der Waals surface area contributed by atoms with Crippen LogP contribution in [0.2, 0.25) is 0 Å². The van der Waals surface area contributed by atoms with E-state index in [0.29, 0.717) is 17.2 Å². The van der Waals surface area contributed by atoms with Crippen molar-refractivity contribution in [2.45, 2.75) is 0 Å². The fraction of sp³-hybridized carbons (Fsp3) is 0.200. The van der Waals surface area contributed by atoms with Gasteiger partial charge < -0.3 is 18.9 Å². The molecule has 19 heavy (non-hydrogen) atoms. The Bertz CT molecular complexity index is 607. The molecule has 0 saturated carbocycles.